The van der Waals surface area contributed by atoms with E-state index in [1.807, 2.05) is 18.2 Å². The van der Waals surface area contributed by atoms with Crippen molar-refractivity contribution in [2.75, 3.05) is 0 Å². The largest absolute Gasteiger partial charge is 0.507 e. The number of hydrogen-bond acceptors (Lipinski definition) is 2. The van der Waals surface area contributed by atoms with E-state index in [-0.39, 0.29) is 11.3 Å². The van der Waals surface area contributed by atoms with Crippen molar-refractivity contribution in [3.05, 3.63) is 49.8 Å². The molecule has 17 heavy (non-hydrogen) atoms. The molecule has 1 aromatic carbocycles. The van der Waals surface area contributed by atoms with Gasteiger partial charge in [0.2, 0.25) is 0 Å². The number of aromatic hydroxyl groups is 1. The van der Waals surface area contributed by atoms with E-state index in [1.165, 1.54) is 11.6 Å². The van der Waals surface area contributed by atoms with Gasteiger partial charge in [0.25, 0.3) is 5.56 Å². The first-order chi connectivity index (χ1) is 8.18. The molecule has 3 rings (SSSR count). The third-order valence-corrected chi connectivity index (χ3v) is 4.17. The smallest absolute Gasteiger partial charge is 0.254 e. The van der Waals surface area contributed by atoms with Crippen molar-refractivity contribution in [2.45, 2.75) is 13.0 Å². The molecule has 2 heterocycles. The Morgan fingerprint density at radius 3 is 2.88 bits per heavy atom. The maximum atomic E-state index is 11.8. The lowest BCUT2D eigenvalue weighted by atomic mass is 9.97. The fourth-order valence-corrected chi connectivity index (χ4v) is 3.03. The number of aryl methyl sites for hydroxylation is 1. The minimum Gasteiger partial charge on any atom is -0.507 e. The first-order valence-corrected chi connectivity index (χ1v) is 6.47. The number of fused-ring (bicyclic) bond motifs is 3. The van der Waals surface area contributed by atoms with Crippen LogP contribution in [0.5, 0.6) is 5.75 Å². The molecule has 1 N–H and O–H groups in total. The van der Waals surface area contributed by atoms with Crippen LogP contribution >= 0.6 is 22.6 Å². The molecule has 3 nitrogen and oxygen atoms in total. The highest BCUT2D eigenvalue weighted by Gasteiger charge is 2.21. The van der Waals surface area contributed by atoms with Crippen molar-refractivity contribution in [1.82, 2.24) is 4.57 Å². The predicted octanol–water partition coefficient (Wildman–Crippen LogP) is 2.38. The van der Waals surface area contributed by atoms with Gasteiger partial charge in [0.1, 0.15) is 5.75 Å². The third kappa shape index (κ3) is 1.58. The molecule has 0 spiro atoms. The maximum Gasteiger partial charge on any atom is 0.254 e. The fourth-order valence-electron chi connectivity index (χ4n) is 2.30. The summed E-state index contributed by atoms with van der Waals surface area (Å²) in [5.74, 6) is 0.0681. The van der Waals surface area contributed by atoms with Crippen LogP contribution in [-0.2, 0) is 13.0 Å². The molecule has 4 heteroatoms. The Bertz CT molecular complexity index is 661. The molecular formula is C13H10INO2. The Kier molecular flexibility index (Phi) is 2.47. The summed E-state index contributed by atoms with van der Waals surface area (Å²) >= 11 is 2.09. The van der Waals surface area contributed by atoms with Gasteiger partial charge >= 0.3 is 0 Å². The molecule has 0 radical (unpaired) electrons. The van der Waals surface area contributed by atoms with Crippen LogP contribution in [0.3, 0.4) is 0 Å². The lowest BCUT2D eigenvalue weighted by Gasteiger charge is -2.23. The van der Waals surface area contributed by atoms with E-state index in [2.05, 4.69) is 28.7 Å². The molecule has 0 fully saturated rings. The molecule has 2 aromatic rings. The number of halogens is 1. The summed E-state index contributed by atoms with van der Waals surface area (Å²) in [5, 5.41) is 9.76. The van der Waals surface area contributed by atoms with Crippen LogP contribution in [-0.4, -0.2) is 9.67 Å². The van der Waals surface area contributed by atoms with E-state index in [4.69, 9.17) is 0 Å². The van der Waals surface area contributed by atoms with Gasteiger partial charge in [-0.05, 0) is 34.6 Å². The summed E-state index contributed by atoms with van der Waals surface area (Å²) in [7, 11) is 0. The van der Waals surface area contributed by atoms with Crippen LogP contribution in [0.15, 0.2) is 35.1 Å². The molecule has 0 atom stereocenters. The number of rotatable bonds is 0. The molecule has 86 valence electrons. The highest BCUT2D eigenvalue weighted by molar-refractivity contribution is 14.1. The van der Waals surface area contributed by atoms with E-state index in [9.17, 15) is 9.90 Å². The second-order valence-corrected chi connectivity index (χ2v) is 5.17. The summed E-state index contributed by atoms with van der Waals surface area (Å²) in [6.07, 6.45) is 0.865. The molecule has 0 aliphatic carbocycles. The number of hydrogen-bond donors (Lipinski definition) is 1. The van der Waals surface area contributed by atoms with Crippen molar-refractivity contribution in [3.63, 3.8) is 0 Å². The Morgan fingerprint density at radius 1 is 1.29 bits per heavy atom. The maximum absolute atomic E-state index is 11.8. The highest BCUT2D eigenvalue weighted by Crippen LogP contribution is 2.34. The minimum atomic E-state index is -0.132. The monoisotopic (exact) mass is 339 g/mol. The van der Waals surface area contributed by atoms with E-state index in [0.717, 1.165) is 21.2 Å². The average molecular weight is 339 g/mol. The van der Waals surface area contributed by atoms with Crippen molar-refractivity contribution < 1.29 is 5.11 Å². The van der Waals surface area contributed by atoms with Gasteiger partial charge in [-0.3, -0.25) is 4.79 Å². The normalized spacial score (nSPS) is 13.0. The van der Waals surface area contributed by atoms with Crippen molar-refractivity contribution in [3.8, 4) is 17.0 Å². The van der Waals surface area contributed by atoms with Gasteiger partial charge in [0, 0.05) is 18.2 Å². The zero-order chi connectivity index (χ0) is 12.0. The van der Waals surface area contributed by atoms with Crippen molar-refractivity contribution in [1.29, 1.82) is 0 Å². The Morgan fingerprint density at radius 2 is 2.06 bits per heavy atom. The molecule has 1 aliphatic rings. The van der Waals surface area contributed by atoms with E-state index in [0.29, 0.717) is 6.54 Å². The van der Waals surface area contributed by atoms with Gasteiger partial charge in [-0.25, -0.2) is 0 Å². The molecule has 0 unspecified atom stereocenters. The summed E-state index contributed by atoms with van der Waals surface area (Å²) in [5.41, 5.74) is 3.00. The number of aromatic nitrogens is 1. The molecule has 0 saturated carbocycles. The van der Waals surface area contributed by atoms with Gasteiger partial charge in [-0.1, -0.05) is 24.3 Å². The zero-order valence-electron chi connectivity index (χ0n) is 8.98. The van der Waals surface area contributed by atoms with E-state index < -0.39 is 0 Å². The van der Waals surface area contributed by atoms with Gasteiger partial charge in [-0.15, -0.1) is 0 Å². The summed E-state index contributed by atoms with van der Waals surface area (Å²) in [6.45, 7) is 0.682. The lowest BCUT2D eigenvalue weighted by Crippen LogP contribution is -2.26. The Labute approximate surface area is 112 Å². The standard InChI is InChI=1S/C13H10INO2/c14-12-10(16)7-11(17)15-6-5-8-3-1-2-4-9(8)13(12)15/h1-4,7,16H,5-6H2. The van der Waals surface area contributed by atoms with E-state index >= 15 is 0 Å². The van der Waals surface area contributed by atoms with Crippen LogP contribution in [0, 0.1) is 3.57 Å². The number of nitrogens with zero attached hydrogens (tertiary/aromatic N) is 1. The van der Waals surface area contributed by atoms with Crippen LogP contribution < -0.4 is 5.56 Å². The third-order valence-electron chi connectivity index (χ3n) is 3.11. The van der Waals surface area contributed by atoms with Crippen LogP contribution in [0.1, 0.15) is 5.56 Å². The lowest BCUT2D eigenvalue weighted by molar-refractivity contribution is 0.466. The van der Waals surface area contributed by atoms with Crippen LogP contribution in [0.2, 0.25) is 0 Å². The van der Waals surface area contributed by atoms with Gasteiger partial charge in [0.15, 0.2) is 0 Å². The molecule has 1 aromatic heterocycles. The Hall–Kier alpha value is -1.30. The fraction of sp³-hybridized carbons (Fsp3) is 0.154. The topological polar surface area (TPSA) is 42.2 Å². The van der Waals surface area contributed by atoms with Gasteiger partial charge in [-0.2, -0.15) is 0 Å². The molecule has 0 amide bonds. The zero-order valence-corrected chi connectivity index (χ0v) is 11.1. The first-order valence-electron chi connectivity index (χ1n) is 5.39. The Balaban J connectivity index is 2.42. The van der Waals surface area contributed by atoms with Crippen LogP contribution in [0.4, 0.5) is 0 Å². The summed E-state index contributed by atoms with van der Waals surface area (Å²) in [6, 6.07) is 9.32. The quantitative estimate of drug-likeness (QED) is 0.749. The summed E-state index contributed by atoms with van der Waals surface area (Å²) in [4.78, 5) is 11.8. The highest BCUT2D eigenvalue weighted by atomic mass is 127. The van der Waals surface area contributed by atoms with Gasteiger partial charge < -0.3 is 9.67 Å². The second kappa shape index (κ2) is 3.87. The first kappa shape index (κ1) is 10.8. The van der Waals surface area contributed by atoms with Crippen molar-refractivity contribution >= 4 is 22.6 Å². The average Bonchev–Trinajstić information content (AvgIpc) is 2.35. The molecule has 1 aliphatic heterocycles. The molecular weight excluding hydrogens is 329 g/mol. The predicted molar refractivity (Wildman–Crippen MR) is 74.2 cm³/mol. The molecule has 0 saturated heterocycles. The second-order valence-electron chi connectivity index (χ2n) is 4.09. The number of pyridine rings is 1. The van der Waals surface area contributed by atoms with Crippen LogP contribution in [0.25, 0.3) is 11.3 Å². The minimum absolute atomic E-state index is 0.0681. The SMILES string of the molecule is O=c1cc(O)c(I)c2n1CCc1ccccc1-2. The summed E-state index contributed by atoms with van der Waals surface area (Å²) < 4.78 is 2.48. The molecule has 0 bridgehead atoms. The van der Waals surface area contributed by atoms with Gasteiger partial charge in [0.05, 0.1) is 9.26 Å². The number of benzene rings is 1. The van der Waals surface area contributed by atoms with E-state index in [1.54, 1.807) is 4.57 Å². The van der Waals surface area contributed by atoms with Crippen molar-refractivity contribution in [2.24, 2.45) is 0 Å².